The van der Waals surface area contributed by atoms with Crippen LogP contribution >= 0.6 is 11.3 Å². The molecular weight excluding hydrogens is 430 g/mol. The lowest BCUT2D eigenvalue weighted by Crippen LogP contribution is -2.07. The fraction of sp³-hybridized carbons (Fsp3) is 0.130. The highest BCUT2D eigenvalue weighted by Gasteiger charge is 2.23. The third-order valence-corrected chi connectivity index (χ3v) is 7.07. The quantitative estimate of drug-likeness (QED) is 0.434. The van der Waals surface area contributed by atoms with E-state index in [1.54, 1.807) is 42.7 Å². The van der Waals surface area contributed by atoms with E-state index in [1.807, 2.05) is 24.4 Å². The molecule has 1 aliphatic rings. The molecule has 6 nitrogen and oxygen atoms in total. The zero-order chi connectivity index (χ0) is 21.4. The van der Waals surface area contributed by atoms with Crippen molar-refractivity contribution in [2.75, 3.05) is 12.4 Å². The summed E-state index contributed by atoms with van der Waals surface area (Å²) in [5.41, 5.74) is 4.84. The van der Waals surface area contributed by atoms with Gasteiger partial charge in [0.15, 0.2) is 0 Å². The van der Waals surface area contributed by atoms with Gasteiger partial charge < -0.3 is 14.6 Å². The molecule has 156 valence electrons. The molecule has 0 saturated carbocycles. The number of anilines is 2. The summed E-state index contributed by atoms with van der Waals surface area (Å²) in [6.07, 6.45) is 3.69. The molecule has 2 aromatic heterocycles. The van der Waals surface area contributed by atoms with E-state index in [-0.39, 0.29) is 4.90 Å². The minimum absolute atomic E-state index is 0.213. The summed E-state index contributed by atoms with van der Waals surface area (Å²) >= 11 is -0.520. The van der Waals surface area contributed by atoms with Crippen molar-refractivity contribution in [2.45, 2.75) is 17.7 Å². The monoisotopic (exact) mass is 448 g/mol. The minimum atomic E-state index is -2.29. The Hall–Kier alpha value is -3.07. The molecule has 0 aliphatic heterocycles. The number of thiophene rings is 1. The number of hydrogen-bond donors (Lipinski definition) is 1. The SMILES string of the molecule is COc1ccccc1-c1cc2c(s1)CCc1cnc(Nc3cccc(S(=O)[O-])c3)nc1-2. The van der Waals surface area contributed by atoms with Gasteiger partial charge in [-0.3, -0.25) is 4.21 Å². The van der Waals surface area contributed by atoms with Crippen molar-refractivity contribution in [2.24, 2.45) is 0 Å². The lowest BCUT2D eigenvalue weighted by Gasteiger charge is -2.16. The molecule has 5 rings (SSSR count). The summed E-state index contributed by atoms with van der Waals surface area (Å²) in [5.74, 6) is 1.28. The van der Waals surface area contributed by atoms with Crippen molar-refractivity contribution in [1.29, 1.82) is 0 Å². The van der Waals surface area contributed by atoms with Crippen LogP contribution in [0.2, 0.25) is 0 Å². The van der Waals surface area contributed by atoms with Crippen LogP contribution in [-0.4, -0.2) is 25.8 Å². The number of ether oxygens (including phenoxy) is 1. The van der Waals surface area contributed by atoms with Gasteiger partial charge >= 0.3 is 0 Å². The Labute approximate surface area is 186 Å². The van der Waals surface area contributed by atoms with Crippen LogP contribution in [0.3, 0.4) is 0 Å². The van der Waals surface area contributed by atoms with Gasteiger partial charge in [0.25, 0.3) is 0 Å². The van der Waals surface area contributed by atoms with Crippen LogP contribution in [0.5, 0.6) is 5.75 Å². The van der Waals surface area contributed by atoms with Gasteiger partial charge in [0.2, 0.25) is 5.95 Å². The number of aromatic nitrogens is 2. The summed E-state index contributed by atoms with van der Waals surface area (Å²) in [4.78, 5) is 11.9. The Kier molecular flexibility index (Phi) is 5.27. The van der Waals surface area contributed by atoms with Crippen molar-refractivity contribution >= 4 is 34.1 Å². The van der Waals surface area contributed by atoms with Crippen LogP contribution in [-0.2, 0) is 23.9 Å². The molecular formula is C23H18N3O3S2-. The first-order valence-electron chi connectivity index (χ1n) is 9.71. The zero-order valence-corrected chi connectivity index (χ0v) is 18.3. The third-order valence-electron chi connectivity index (χ3n) is 5.21. The summed E-state index contributed by atoms with van der Waals surface area (Å²) < 4.78 is 28.0. The highest BCUT2D eigenvalue weighted by molar-refractivity contribution is 7.79. The lowest BCUT2D eigenvalue weighted by molar-refractivity contribution is 0.416. The number of benzene rings is 2. The first-order valence-corrected chi connectivity index (χ1v) is 11.6. The van der Waals surface area contributed by atoms with E-state index in [1.165, 1.54) is 4.88 Å². The molecule has 2 heterocycles. The lowest BCUT2D eigenvalue weighted by atomic mass is 9.96. The van der Waals surface area contributed by atoms with Crippen LogP contribution in [0.4, 0.5) is 11.6 Å². The number of aryl methyl sites for hydroxylation is 2. The maximum Gasteiger partial charge on any atom is 0.227 e. The Morgan fingerprint density at radius 3 is 2.81 bits per heavy atom. The first kappa shape index (κ1) is 19.9. The number of fused-ring (bicyclic) bond motifs is 3. The van der Waals surface area contributed by atoms with Crippen LogP contribution in [0, 0.1) is 0 Å². The molecule has 4 aromatic rings. The Morgan fingerprint density at radius 1 is 1.10 bits per heavy atom. The Balaban J connectivity index is 1.51. The average molecular weight is 449 g/mol. The average Bonchev–Trinajstić information content (AvgIpc) is 3.24. The number of nitrogens with zero attached hydrogens (tertiary/aromatic N) is 2. The molecule has 1 atom stereocenters. The van der Waals surface area contributed by atoms with Gasteiger partial charge in [-0.05, 0) is 65.9 Å². The minimum Gasteiger partial charge on any atom is -0.768 e. The zero-order valence-electron chi connectivity index (χ0n) is 16.6. The normalized spacial score (nSPS) is 13.2. The highest BCUT2D eigenvalue weighted by Crippen LogP contribution is 2.43. The van der Waals surface area contributed by atoms with Gasteiger partial charge in [0.05, 0.1) is 12.8 Å². The summed E-state index contributed by atoms with van der Waals surface area (Å²) in [6.45, 7) is 0. The van der Waals surface area contributed by atoms with E-state index in [0.29, 0.717) is 11.6 Å². The van der Waals surface area contributed by atoms with E-state index < -0.39 is 11.1 Å². The van der Waals surface area contributed by atoms with Crippen molar-refractivity contribution in [3.05, 3.63) is 71.2 Å². The molecule has 0 amide bonds. The number of para-hydroxylation sites is 1. The van der Waals surface area contributed by atoms with E-state index in [2.05, 4.69) is 22.4 Å². The Morgan fingerprint density at radius 2 is 1.97 bits per heavy atom. The molecule has 0 saturated heterocycles. The second-order valence-electron chi connectivity index (χ2n) is 7.10. The number of hydrogen-bond acceptors (Lipinski definition) is 7. The van der Waals surface area contributed by atoms with Gasteiger partial charge in [-0.15, -0.1) is 11.3 Å². The number of nitrogens with one attached hydrogen (secondary N) is 1. The predicted molar refractivity (Wildman–Crippen MR) is 122 cm³/mol. The molecule has 0 spiro atoms. The third kappa shape index (κ3) is 3.85. The fourth-order valence-corrected chi connectivity index (χ4v) is 5.34. The van der Waals surface area contributed by atoms with Crippen LogP contribution < -0.4 is 10.1 Å². The van der Waals surface area contributed by atoms with Crippen LogP contribution in [0.15, 0.2) is 65.7 Å². The van der Waals surface area contributed by atoms with E-state index in [9.17, 15) is 8.76 Å². The molecule has 8 heteroatoms. The summed E-state index contributed by atoms with van der Waals surface area (Å²) in [6, 6.07) is 16.8. The second-order valence-corrected chi connectivity index (χ2v) is 9.18. The molecule has 2 aromatic carbocycles. The number of methoxy groups -OCH3 is 1. The summed E-state index contributed by atoms with van der Waals surface area (Å²) in [7, 11) is 1.68. The Bertz CT molecular complexity index is 1300. The van der Waals surface area contributed by atoms with E-state index in [0.717, 1.165) is 45.9 Å². The van der Waals surface area contributed by atoms with Crippen molar-refractivity contribution < 1.29 is 13.5 Å². The molecule has 31 heavy (non-hydrogen) atoms. The molecule has 1 unspecified atom stereocenters. The largest absolute Gasteiger partial charge is 0.768 e. The van der Waals surface area contributed by atoms with Gasteiger partial charge in [-0.1, -0.05) is 18.2 Å². The number of rotatable bonds is 5. The first-order chi connectivity index (χ1) is 15.1. The second kappa shape index (κ2) is 8.22. The molecule has 0 radical (unpaired) electrons. The van der Waals surface area contributed by atoms with Gasteiger partial charge in [0.1, 0.15) is 5.75 Å². The van der Waals surface area contributed by atoms with Crippen LogP contribution in [0.25, 0.3) is 21.7 Å². The molecule has 0 bridgehead atoms. The van der Waals surface area contributed by atoms with Gasteiger partial charge in [-0.2, -0.15) is 0 Å². The smallest absolute Gasteiger partial charge is 0.227 e. The fourth-order valence-electron chi connectivity index (χ4n) is 3.73. The highest BCUT2D eigenvalue weighted by atomic mass is 32.2. The van der Waals surface area contributed by atoms with Gasteiger partial charge in [-0.25, -0.2) is 9.97 Å². The van der Waals surface area contributed by atoms with Crippen molar-refractivity contribution in [1.82, 2.24) is 9.97 Å². The standard InChI is InChI=1S/C23H19N3O3S2/c1-29-19-8-3-2-7-17(19)21-12-18-20(30-21)10-9-14-13-24-23(26-22(14)18)25-15-5-4-6-16(11-15)31(27)28/h2-8,11-13H,9-10H2,1H3,(H,27,28)(H,24,25,26)/p-1. The maximum absolute atomic E-state index is 11.2. The van der Waals surface area contributed by atoms with Crippen molar-refractivity contribution in [3.63, 3.8) is 0 Å². The molecule has 1 N–H and O–H groups in total. The van der Waals surface area contributed by atoms with Crippen LogP contribution in [0.1, 0.15) is 10.4 Å². The molecule has 0 fully saturated rings. The maximum atomic E-state index is 11.2. The van der Waals surface area contributed by atoms with E-state index in [4.69, 9.17) is 9.72 Å². The molecule has 1 aliphatic carbocycles. The van der Waals surface area contributed by atoms with Gasteiger partial charge in [0, 0.05) is 37.7 Å². The van der Waals surface area contributed by atoms with Crippen molar-refractivity contribution in [3.8, 4) is 27.4 Å². The summed E-state index contributed by atoms with van der Waals surface area (Å²) in [5, 5.41) is 3.12. The van der Waals surface area contributed by atoms with E-state index >= 15 is 0 Å². The topological polar surface area (TPSA) is 87.2 Å². The predicted octanol–water partition coefficient (Wildman–Crippen LogP) is 4.96.